The van der Waals surface area contributed by atoms with Crippen LogP contribution in [0.1, 0.15) is 42.5 Å². The minimum atomic E-state index is 0.407. The van der Waals surface area contributed by atoms with Gasteiger partial charge in [0.15, 0.2) is 0 Å². The van der Waals surface area contributed by atoms with Gasteiger partial charge >= 0.3 is 0 Å². The Morgan fingerprint density at radius 1 is 0.913 bits per heavy atom. The number of H-pyrrole nitrogens is 1. The summed E-state index contributed by atoms with van der Waals surface area (Å²) >= 11 is 0. The molecule has 0 bridgehead atoms. The van der Waals surface area contributed by atoms with Crippen LogP contribution in [-0.4, -0.2) is 17.2 Å². The molecule has 0 spiro atoms. The molecule has 3 heteroatoms. The number of nitrogens with one attached hydrogen (secondary N) is 1. The third-order valence-electron chi connectivity index (χ3n) is 4.34. The highest BCUT2D eigenvalue weighted by atomic mass is 14.9. The molecular weight excluding hydrogens is 279 g/mol. The summed E-state index contributed by atoms with van der Waals surface area (Å²) in [6.07, 6.45) is 3.03. The van der Waals surface area contributed by atoms with Gasteiger partial charge in [-0.15, -0.1) is 0 Å². The van der Waals surface area contributed by atoms with Gasteiger partial charge in [-0.1, -0.05) is 80.8 Å². The summed E-state index contributed by atoms with van der Waals surface area (Å²) in [7, 11) is 0.959. The van der Waals surface area contributed by atoms with E-state index in [1.165, 1.54) is 16.8 Å². The minimum Gasteiger partial charge on any atom is -0.354 e. The van der Waals surface area contributed by atoms with Crippen molar-refractivity contribution in [1.82, 2.24) is 9.97 Å². The van der Waals surface area contributed by atoms with Crippen molar-refractivity contribution in [1.29, 1.82) is 0 Å². The van der Waals surface area contributed by atoms with Crippen LogP contribution in [0.2, 0.25) is 6.32 Å². The summed E-state index contributed by atoms with van der Waals surface area (Å²) in [5, 5.41) is 0. The number of hydrogen-bond acceptors (Lipinski definition) is 1. The fourth-order valence-corrected chi connectivity index (χ4v) is 2.98. The van der Waals surface area contributed by atoms with E-state index in [4.69, 9.17) is 0 Å². The molecule has 0 saturated carbocycles. The second kappa shape index (κ2) is 7.32. The Hall–Kier alpha value is -2.29. The van der Waals surface area contributed by atoms with Crippen LogP contribution in [0.5, 0.6) is 0 Å². The molecule has 23 heavy (non-hydrogen) atoms. The lowest BCUT2D eigenvalue weighted by Crippen LogP contribution is -2.21. The third kappa shape index (κ3) is 3.92. The number of rotatable bonds is 6. The van der Waals surface area contributed by atoms with Crippen molar-refractivity contribution in [2.45, 2.75) is 32.0 Å². The van der Waals surface area contributed by atoms with Gasteiger partial charge in [0.25, 0.3) is 0 Å². The molecule has 0 fully saturated rings. The lowest BCUT2D eigenvalue weighted by molar-refractivity contribution is 0.834. The molecule has 0 radical (unpaired) electrons. The van der Waals surface area contributed by atoms with Crippen molar-refractivity contribution in [3.05, 3.63) is 83.7 Å². The van der Waals surface area contributed by atoms with E-state index >= 15 is 0 Å². The first kappa shape index (κ1) is 15.6. The molecule has 0 aliphatic heterocycles. The van der Waals surface area contributed by atoms with Crippen LogP contribution >= 0.6 is 0 Å². The Kier molecular flexibility index (Phi) is 4.97. The fourth-order valence-electron chi connectivity index (χ4n) is 2.98. The Balaban J connectivity index is 1.79. The summed E-state index contributed by atoms with van der Waals surface area (Å²) in [5.74, 6) is 0.903. The molecule has 3 rings (SSSR count). The highest BCUT2D eigenvalue weighted by Gasteiger charge is 2.16. The van der Waals surface area contributed by atoms with E-state index < -0.39 is 0 Å². The Labute approximate surface area is 139 Å². The zero-order valence-corrected chi connectivity index (χ0v) is 13.9. The summed E-state index contributed by atoms with van der Waals surface area (Å²) in [6, 6.07) is 21.5. The first-order valence-corrected chi connectivity index (χ1v) is 8.37. The lowest BCUT2D eigenvalue weighted by atomic mass is 9.66. The number of aromatic nitrogens is 2. The standard InChI is InChI=1S/C20H23BN2/c1-15(2)19-14-22-20(23-19)21-13-18(16-9-5-3-6-10-16)17-11-7-4-8-12-17/h3-12,14-15,18,21H,13H2,1-2H3,(H,22,23). The second-order valence-electron chi connectivity index (χ2n) is 6.35. The molecule has 0 amide bonds. The van der Waals surface area contributed by atoms with Crippen LogP contribution in [0.25, 0.3) is 0 Å². The molecule has 2 aromatic carbocycles. The highest BCUT2D eigenvalue weighted by Crippen LogP contribution is 2.27. The summed E-state index contributed by atoms with van der Waals surface area (Å²) in [4.78, 5) is 8.00. The van der Waals surface area contributed by atoms with Gasteiger partial charge in [-0.05, 0) is 17.0 Å². The van der Waals surface area contributed by atoms with E-state index in [-0.39, 0.29) is 0 Å². The van der Waals surface area contributed by atoms with Crippen molar-refractivity contribution < 1.29 is 0 Å². The molecule has 1 aromatic heterocycles. The van der Waals surface area contributed by atoms with Gasteiger partial charge in [0, 0.05) is 17.8 Å². The Morgan fingerprint density at radius 2 is 1.48 bits per heavy atom. The average Bonchev–Trinajstić information content (AvgIpc) is 3.06. The molecular formula is C20H23BN2. The number of benzene rings is 2. The van der Waals surface area contributed by atoms with Crippen LogP contribution in [-0.2, 0) is 0 Å². The van der Waals surface area contributed by atoms with E-state index in [1.54, 1.807) is 0 Å². The van der Waals surface area contributed by atoms with Crippen LogP contribution in [0, 0.1) is 0 Å². The number of hydrogen-bond donors (Lipinski definition) is 1. The Morgan fingerprint density at radius 3 is 1.96 bits per heavy atom. The van der Waals surface area contributed by atoms with Crippen LogP contribution in [0.3, 0.4) is 0 Å². The van der Waals surface area contributed by atoms with Crippen LogP contribution in [0.4, 0.5) is 0 Å². The van der Waals surface area contributed by atoms with Gasteiger partial charge in [0.2, 0.25) is 7.28 Å². The van der Waals surface area contributed by atoms with E-state index in [2.05, 4.69) is 84.5 Å². The monoisotopic (exact) mass is 302 g/mol. The molecule has 1 N–H and O–H groups in total. The predicted molar refractivity (Wildman–Crippen MR) is 99.0 cm³/mol. The van der Waals surface area contributed by atoms with Crippen LogP contribution < -0.4 is 5.72 Å². The molecule has 0 saturated heterocycles. The molecule has 0 aliphatic carbocycles. The van der Waals surface area contributed by atoms with E-state index in [9.17, 15) is 0 Å². The predicted octanol–water partition coefficient (Wildman–Crippen LogP) is 3.85. The maximum atomic E-state index is 4.54. The van der Waals surface area contributed by atoms with Crippen molar-refractivity contribution in [2.24, 2.45) is 0 Å². The lowest BCUT2D eigenvalue weighted by Gasteiger charge is -2.17. The molecule has 0 unspecified atom stereocenters. The second-order valence-corrected chi connectivity index (χ2v) is 6.35. The van der Waals surface area contributed by atoms with Crippen LogP contribution in [0.15, 0.2) is 66.9 Å². The van der Waals surface area contributed by atoms with E-state index in [0.29, 0.717) is 11.8 Å². The van der Waals surface area contributed by atoms with Gasteiger partial charge in [0.1, 0.15) is 0 Å². The maximum absolute atomic E-state index is 4.54. The van der Waals surface area contributed by atoms with Crippen molar-refractivity contribution in [3.8, 4) is 0 Å². The molecule has 0 atom stereocenters. The Bertz CT molecular complexity index is 680. The summed E-state index contributed by atoms with van der Waals surface area (Å²) in [5.41, 5.74) is 5.05. The highest BCUT2D eigenvalue weighted by molar-refractivity contribution is 6.51. The van der Waals surface area contributed by atoms with Gasteiger partial charge < -0.3 is 4.98 Å². The average molecular weight is 302 g/mol. The molecule has 116 valence electrons. The minimum absolute atomic E-state index is 0.407. The van der Waals surface area contributed by atoms with Crippen molar-refractivity contribution in [2.75, 3.05) is 0 Å². The summed E-state index contributed by atoms with van der Waals surface area (Å²) in [6.45, 7) is 4.38. The van der Waals surface area contributed by atoms with Gasteiger partial charge in [-0.3, -0.25) is 4.98 Å². The smallest absolute Gasteiger partial charge is 0.205 e. The van der Waals surface area contributed by atoms with Gasteiger partial charge in [0.05, 0.1) is 5.72 Å². The zero-order chi connectivity index (χ0) is 16.1. The molecule has 1 heterocycles. The largest absolute Gasteiger partial charge is 0.354 e. The third-order valence-corrected chi connectivity index (χ3v) is 4.34. The maximum Gasteiger partial charge on any atom is 0.205 e. The van der Waals surface area contributed by atoms with Crippen molar-refractivity contribution >= 4 is 13.0 Å². The van der Waals surface area contributed by atoms with E-state index in [0.717, 1.165) is 19.3 Å². The number of nitrogens with zero attached hydrogens (tertiary/aromatic N) is 1. The quantitative estimate of drug-likeness (QED) is 0.688. The molecule has 2 nitrogen and oxygen atoms in total. The zero-order valence-electron chi connectivity index (χ0n) is 13.9. The normalized spacial score (nSPS) is 11.1. The van der Waals surface area contributed by atoms with Gasteiger partial charge in [-0.2, -0.15) is 0 Å². The first-order valence-electron chi connectivity index (χ1n) is 8.37. The fraction of sp³-hybridized carbons (Fsp3) is 0.250. The molecule has 0 aliphatic rings. The molecule has 3 aromatic rings. The SMILES string of the molecule is CC(C)c1cnc(BCC(c2ccccc2)c2ccccc2)[nH]1. The first-order chi connectivity index (χ1) is 11.2. The number of aromatic amines is 1. The van der Waals surface area contributed by atoms with Crippen molar-refractivity contribution in [3.63, 3.8) is 0 Å². The number of imidazole rings is 1. The van der Waals surface area contributed by atoms with Gasteiger partial charge in [-0.25, -0.2) is 0 Å². The van der Waals surface area contributed by atoms with E-state index in [1.807, 2.05) is 6.20 Å². The summed E-state index contributed by atoms with van der Waals surface area (Å²) < 4.78 is 0. The topological polar surface area (TPSA) is 28.7 Å².